The van der Waals surface area contributed by atoms with E-state index in [1.54, 1.807) is 20.8 Å². The maximum Gasteiger partial charge on any atom is 0.243 e. The Bertz CT molecular complexity index is 406. The molecule has 0 aromatic heterocycles. The summed E-state index contributed by atoms with van der Waals surface area (Å²) in [7, 11) is 0. The number of carbonyl (C=O) groups is 3. The second-order valence-corrected chi connectivity index (χ2v) is 7.81. The van der Waals surface area contributed by atoms with Crippen LogP contribution in [0, 0.1) is 10.8 Å². The van der Waals surface area contributed by atoms with Crippen LogP contribution in [0.25, 0.3) is 0 Å². The van der Waals surface area contributed by atoms with Crippen molar-refractivity contribution in [1.29, 1.82) is 0 Å². The number of hydrogen-bond donors (Lipinski definition) is 3. The number of nitrogens with two attached hydrogens (primary N) is 1. The number of hydrogen-bond acceptors (Lipinski definition) is 4. The van der Waals surface area contributed by atoms with Gasteiger partial charge in [-0.1, -0.05) is 41.5 Å². The molecule has 1 atom stereocenters. The molecule has 0 aliphatic carbocycles. The zero-order valence-electron chi connectivity index (χ0n) is 14.7. The fourth-order valence-electron chi connectivity index (χ4n) is 1.75. The molecule has 0 saturated carbocycles. The van der Waals surface area contributed by atoms with E-state index in [4.69, 9.17) is 5.73 Å². The van der Waals surface area contributed by atoms with Crippen LogP contribution in [0.4, 0.5) is 0 Å². The van der Waals surface area contributed by atoms with E-state index in [1.807, 2.05) is 20.8 Å². The fourth-order valence-corrected chi connectivity index (χ4v) is 1.75. The molecule has 0 aliphatic rings. The van der Waals surface area contributed by atoms with Gasteiger partial charge in [0.05, 0.1) is 0 Å². The lowest BCUT2D eigenvalue weighted by Gasteiger charge is -2.24. The third-order valence-corrected chi connectivity index (χ3v) is 3.01. The summed E-state index contributed by atoms with van der Waals surface area (Å²) in [6.07, 6.45) is 0.271. The molecule has 0 spiro atoms. The molecule has 0 aliphatic heterocycles. The molecule has 0 fully saturated rings. The number of amides is 2. The summed E-state index contributed by atoms with van der Waals surface area (Å²) in [6.45, 7) is 11.8. The fraction of sp³-hybridized carbons (Fsp3) is 0.812. The van der Waals surface area contributed by atoms with Gasteiger partial charge in [0.25, 0.3) is 0 Å². The predicted molar refractivity (Wildman–Crippen MR) is 87.1 cm³/mol. The second-order valence-electron chi connectivity index (χ2n) is 7.81. The van der Waals surface area contributed by atoms with Crippen molar-refractivity contribution >= 4 is 17.6 Å². The first-order valence-corrected chi connectivity index (χ1v) is 7.67. The molecule has 0 saturated heterocycles. The first kappa shape index (κ1) is 20.6. The van der Waals surface area contributed by atoms with Gasteiger partial charge in [-0.05, 0) is 5.41 Å². The Kier molecular flexibility index (Phi) is 7.73. The van der Waals surface area contributed by atoms with Crippen LogP contribution in [0.5, 0.6) is 0 Å². The minimum atomic E-state index is -0.854. The molecule has 6 heteroatoms. The van der Waals surface area contributed by atoms with Crippen LogP contribution in [0.1, 0.15) is 54.4 Å². The van der Waals surface area contributed by atoms with Crippen LogP contribution >= 0.6 is 0 Å². The van der Waals surface area contributed by atoms with E-state index in [0.717, 1.165) is 0 Å². The van der Waals surface area contributed by atoms with Crippen molar-refractivity contribution < 1.29 is 14.4 Å². The van der Waals surface area contributed by atoms with E-state index < -0.39 is 11.5 Å². The van der Waals surface area contributed by atoms with Crippen LogP contribution in [-0.2, 0) is 14.4 Å². The molecule has 4 N–H and O–H groups in total. The van der Waals surface area contributed by atoms with Crippen molar-refractivity contribution in [3.05, 3.63) is 0 Å². The molecular formula is C16H31N3O3. The highest BCUT2D eigenvalue weighted by atomic mass is 16.2. The molecule has 2 amide bonds. The summed E-state index contributed by atoms with van der Waals surface area (Å²) < 4.78 is 0. The molecule has 6 nitrogen and oxygen atoms in total. The quantitative estimate of drug-likeness (QED) is 0.652. The molecule has 0 aromatic carbocycles. The lowest BCUT2D eigenvalue weighted by Crippen LogP contribution is -2.50. The molecular weight excluding hydrogens is 282 g/mol. The van der Waals surface area contributed by atoms with Crippen LogP contribution in [0.2, 0.25) is 0 Å². The molecule has 0 rings (SSSR count). The normalized spacial score (nSPS) is 13.4. The lowest BCUT2D eigenvalue weighted by molar-refractivity contribution is -0.134. The van der Waals surface area contributed by atoms with Gasteiger partial charge in [0.15, 0.2) is 0 Å². The maximum absolute atomic E-state index is 12.2. The molecule has 0 radical (unpaired) electrons. The number of Topliss-reactive ketones (excluding diaryl/α,β-unsaturated/α-hetero) is 1. The predicted octanol–water partition coefficient (Wildman–Crippen LogP) is 0.988. The Hall–Kier alpha value is -1.43. The first-order valence-electron chi connectivity index (χ1n) is 7.67. The van der Waals surface area contributed by atoms with Gasteiger partial charge in [0.2, 0.25) is 11.8 Å². The Labute approximate surface area is 133 Å². The van der Waals surface area contributed by atoms with E-state index in [9.17, 15) is 14.4 Å². The SMILES string of the molecule is CC(C)(C)CC(=O)NC(CC(=O)C(C)(C)C)C(=O)NCCN. The van der Waals surface area contributed by atoms with Gasteiger partial charge < -0.3 is 16.4 Å². The van der Waals surface area contributed by atoms with Gasteiger partial charge in [0, 0.05) is 31.3 Å². The van der Waals surface area contributed by atoms with E-state index in [-0.39, 0.29) is 35.9 Å². The summed E-state index contributed by atoms with van der Waals surface area (Å²) in [6, 6.07) is -0.854. The number of rotatable bonds is 7. The first-order chi connectivity index (χ1) is 9.86. The summed E-state index contributed by atoms with van der Waals surface area (Å²) in [5.74, 6) is -0.677. The van der Waals surface area contributed by atoms with Crippen molar-refractivity contribution in [3.8, 4) is 0 Å². The molecule has 128 valence electrons. The maximum atomic E-state index is 12.2. The van der Waals surface area contributed by atoms with E-state index in [2.05, 4.69) is 10.6 Å². The average Bonchev–Trinajstić information content (AvgIpc) is 2.31. The third kappa shape index (κ3) is 8.77. The van der Waals surface area contributed by atoms with Gasteiger partial charge in [-0.3, -0.25) is 14.4 Å². The van der Waals surface area contributed by atoms with E-state index in [0.29, 0.717) is 13.1 Å². The number of ketones is 1. The minimum Gasteiger partial charge on any atom is -0.353 e. The molecule has 0 bridgehead atoms. The van der Waals surface area contributed by atoms with Gasteiger partial charge >= 0.3 is 0 Å². The highest BCUT2D eigenvalue weighted by Crippen LogP contribution is 2.20. The van der Waals surface area contributed by atoms with Crippen LogP contribution in [-0.4, -0.2) is 36.7 Å². The highest BCUT2D eigenvalue weighted by Gasteiger charge is 2.30. The zero-order valence-corrected chi connectivity index (χ0v) is 14.7. The van der Waals surface area contributed by atoms with Gasteiger partial charge in [-0.25, -0.2) is 0 Å². The minimum absolute atomic E-state index is 0.0181. The summed E-state index contributed by atoms with van der Waals surface area (Å²) >= 11 is 0. The van der Waals surface area contributed by atoms with Crippen molar-refractivity contribution in [1.82, 2.24) is 10.6 Å². The average molecular weight is 313 g/mol. The van der Waals surface area contributed by atoms with Crippen LogP contribution in [0.3, 0.4) is 0 Å². The van der Waals surface area contributed by atoms with E-state index >= 15 is 0 Å². The number of carbonyl (C=O) groups excluding carboxylic acids is 3. The van der Waals surface area contributed by atoms with Crippen molar-refractivity contribution in [2.24, 2.45) is 16.6 Å². The second kappa shape index (κ2) is 8.27. The Morgan fingerprint density at radius 1 is 1.05 bits per heavy atom. The van der Waals surface area contributed by atoms with E-state index in [1.165, 1.54) is 0 Å². The van der Waals surface area contributed by atoms with Crippen molar-refractivity contribution in [2.45, 2.75) is 60.4 Å². The summed E-state index contributed by atoms with van der Waals surface area (Å²) in [4.78, 5) is 36.3. The van der Waals surface area contributed by atoms with Gasteiger partial charge in [-0.2, -0.15) is 0 Å². The Morgan fingerprint density at radius 3 is 2.00 bits per heavy atom. The molecule has 0 aromatic rings. The smallest absolute Gasteiger partial charge is 0.243 e. The van der Waals surface area contributed by atoms with Crippen molar-refractivity contribution in [2.75, 3.05) is 13.1 Å². The third-order valence-electron chi connectivity index (χ3n) is 3.01. The number of nitrogens with one attached hydrogen (secondary N) is 2. The lowest BCUT2D eigenvalue weighted by atomic mass is 9.86. The highest BCUT2D eigenvalue weighted by molar-refractivity contribution is 5.94. The van der Waals surface area contributed by atoms with Gasteiger partial charge in [0.1, 0.15) is 11.8 Å². The molecule has 0 heterocycles. The Morgan fingerprint density at radius 2 is 1.59 bits per heavy atom. The standard InChI is InChI=1S/C16H31N3O3/c1-15(2,3)10-13(21)19-11(14(22)18-8-7-17)9-12(20)16(4,5)6/h11H,7-10,17H2,1-6H3,(H,18,22)(H,19,21). The van der Waals surface area contributed by atoms with Gasteiger partial charge in [-0.15, -0.1) is 0 Å². The molecule has 22 heavy (non-hydrogen) atoms. The molecule has 1 unspecified atom stereocenters. The topological polar surface area (TPSA) is 101 Å². The Balaban J connectivity index is 4.90. The van der Waals surface area contributed by atoms with Crippen LogP contribution < -0.4 is 16.4 Å². The van der Waals surface area contributed by atoms with Crippen molar-refractivity contribution in [3.63, 3.8) is 0 Å². The largest absolute Gasteiger partial charge is 0.353 e. The zero-order chi connectivity index (χ0) is 17.6. The van der Waals surface area contributed by atoms with Crippen LogP contribution in [0.15, 0.2) is 0 Å². The summed E-state index contributed by atoms with van der Waals surface area (Å²) in [5, 5.41) is 5.30. The monoisotopic (exact) mass is 313 g/mol. The summed E-state index contributed by atoms with van der Waals surface area (Å²) in [5.41, 5.74) is 4.62.